The van der Waals surface area contributed by atoms with Crippen LogP contribution in [-0.2, 0) is 4.74 Å². The number of hydrogen-bond donors (Lipinski definition) is 1. The zero-order valence-electron chi connectivity index (χ0n) is 12.7. The number of ether oxygens (including phenoxy) is 1. The van der Waals surface area contributed by atoms with Gasteiger partial charge < -0.3 is 10.1 Å². The topological polar surface area (TPSA) is 21.3 Å². The molecule has 1 aromatic carbocycles. The Bertz CT molecular complexity index is 387. The van der Waals surface area contributed by atoms with E-state index in [4.69, 9.17) is 4.74 Å². The second kappa shape index (κ2) is 7.01. The zero-order valence-corrected chi connectivity index (χ0v) is 12.7. The van der Waals surface area contributed by atoms with Gasteiger partial charge >= 0.3 is 0 Å². The van der Waals surface area contributed by atoms with Crippen molar-refractivity contribution >= 4 is 0 Å². The van der Waals surface area contributed by atoms with Gasteiger partial charge in [-0.25, -0.2) is 4.39 Å². The molecule has 0 aliphatic rings. The predicted molar refractivity (Wildman–Crippen MR) is 77.7 cm³/mol. The van der Waals surface area contributed by atoms with Crippen LogP contribution in [0.4, 0.5) is 4.39 Å². The molecule has 0 radical (unpaired) electrons. The molecule has 0 saturated carbocycles. The van der Waals surface area contributed by atoms with Gasteiger partial charge in [0.25, 0.3) is 0 Å². The molecule has 1 rings (SSSR count). The lowest BCUT2D eigenvalue weighted by atomic mass is 10.1. The molecular weight excluding hydrogens is 241 g/mol. The van der Waals surface area contributed by atoms with Crippen LogP contribution in [0.3, 0.4) is 0 Å². The molecule has 1 N–H and O–H groups in total. The molecule has 2 atom stereocenters. The van der Waals surface area contributed by atoms with Crippen molar-refractivity contribution in [3.05, 3.63) is 35.6 Å². The van der Waals surface area contributed by atoms with Crippen LogP contribution in [0.25, 0.3) is 0 Å². The van der Waals surface area contributed by atoms with Crippen molar-refractivity contribution < 1.29 is 9.13 Å². The van der Waals surface area contributed by atoms with E-state index >= 15 is 0 Å². The van der Waals surface area contributed by atoms with E-state index in [1.807, 2.05) is 13.0 Å². The van der Waals surface area contributed by atoms with Gasteiger partial charge in [-0.2, -0.15) is 0 Å². The van der Waals surface area contributed by atoms with Crippen LogP contribution in [0, 0.1) is 5.82 Å². The first-order chi connectivity index (χ1) is 8.81. The summed E-state index contributed by atoms with van der Waals surface area (Å²) < 4.78 is 19.4. The third-order valence-electron chi connectivity index (χ3n) is 3.01. The molecule has 0 bridgehead atoms. The zero-order chi connectivity index (χ0) is 14.5. The smallest absolute Gasteiger partial charge is 0.123 e. The van der Waals surface area contributed by atoms with Crippen LogP contribution in [0.5, 0.6) is 0 Å². The highest BCUT2D eigenvalue weighted by molar-refractivity contribution is 5.19. The maximum absolute atomic E-state index is 13.3. The third kappa shape index (κ3) is 6.17. The van der Waals surface area contributed by atoms with Gasteiger partial charge in [0.2, 0.25) is 0 Å². The van der Waals surface area contributed by atoms with Crippen molar-refractivity contribution in [2.75, 3.05) is 6.54 Å². The Morgan fingerprint density at radius 3 is 2.53 bits per heavy atom. The van der Waals surface area contributed by atoms with Gasteiger partial charge in [0.1, 0.15) is 5.82 Å². The average Bonchev–Trinajstić information content (AvgIpc) is 2.33. The monoisotopic (exact) mass is 267 g/mol. The summed E-state index contributed by atoms with van der Waals surface area (Å²) in [6.07, 6.45) is 0.987. The SMILES string of the molecule is CCC(C)OC(CNC(C)(C)C)c1cccc(F)c1. The van der Waals surface area contributed by atoms with Crippen molar-refractivity contribution in [1.29, 1.82) is 0 Å². The lowest BCUT2D eigenvalue weighted by Crippen LogP contribution is -2.39. The van der Waals surface area contributed by atoms with E-state index in [1.165, 1.54) is 6.07 Å². The number of nitrogens with one attached hydrogen (secondary N) is 1. The van der Waals surface area contributed by atoms with E-state index in [1.54, 1.807) is 12.1 Å². The Balaban J connectivity index is 2.79. The summed E-state index contributed by atoms with van der Waals surface area (Å²) in [5.41, 5.74) is 0.904. The molecule has 0 heterocycles. The summed E-state index contributed by atoms with van der Waals surface area (Å²) in [5, 5.41) is 3.42. The quantitative estimate of drug-likeness (QED) is 0.839. The Labute approximate surface area is 116 Å². The maximum Gasteiger partial charge on any atom is 0.123 e. The third-order valence-corrected chi connectivity index (χ3v) is 3.01. The molecule has 0 spiro atoms. The van der Waals surface area contributed by atoms with Gasteiger partial charge in [0.05, 0.1) is 12.2 Å². The van der Waals surface area contributed by atoms with E-state index in [-0.39, 0.29) is 23.6 Å². The van der Waals surface area contributed by atoms with Crippen LogP contribution in [-0.4, -0.2) is 18.2 Å². The van der Waals surface area contributed by atoms with Crippen LogP contribution < -0.4 is 5.32 Å². The molecule has 3 heteroatoms. The summed E-state index contributed by atoms with van der Waals surface area (Å²) in [6.45, 7) is 11.1. The lowest BCUT2D eigenvalue weighted by Gasteiger charge is -2.27. The van der Waals surface area contributed by atoms with Gasteiger partial charge in [0, 0.05) is 12.1 Å². The first-order valence-electron chi connectivity index (χ1n) is 6.97. The van der Waals surface area contributed by atoms with E-state index in [0.29, 0.717) is 6.54 Å². The van der Waals surface area contributed by atoms with Gasteiger partial charge in [-0.15, -0.1) is 0 Å². The number of rotatable bonds is 6. The van der Waals surface area contributed by atoms with Crippen LogP contribution >= 0.6 is 0 Å². The molecule has 0 fully saturated rings. The molecule has 0 aromatic heterocycles. The summed E-state index contributed by atoms with van der Waals surface area (Å²) in [4.78, 5) is 0. The normalized spacial score (nSPS) is 15.3. The molecule has 1 aromatic rings. The van der Waals surface area contributed by atoms with Crippen molar-refractivity contribution in [2.45, 2.75) is 58.8 Å². The van der Waals surface area contributed by atoms with Crippen molar-refractivity contribution in [3.8, 4) is 0 Å². The van der Waals surface area contributed by atoms with Crippen molar-refractivity contribution in [3.63, 3.8) is 0 Å². The Morgan fingerprint density at radius 1 is 1.32 bits per heavy atom. The first-order valence-corrected chi connectivity index (χ1v) is 6.97. The van der Waals surface area contributed by atoms with Gasteiger partial charge in [-0.05, 0) is 51.8 Å². The molecule has 2 nitrogen and oxygen atoms in total. The van der Waals surface area contributed by atoms with Crippen molar-refractivity contribution in [2.24, 2.45) is 0 Å². The Hall–Kier alpha value is -0.930. The van der Waals surface area contributed by atoms with E-state index in [0.717, 1.165) is 12.0 Å². The maximum atomic E-state index is 13.3. The van der Waals surface area contributed by atoms with Crippen LogP contribution in [0.2, 0.25) is 0 Å². The molecular formula is C16H26FNO. The van der Waals surface area contributed by atoms with Crippen molar-refractivity contribution in [1.82, 2.24) is 5.32 Å². The minimum atomic E-state index is -0.217. The first kappa shape index (κ1) is 16.1. The van der Waals surface area contributed by atoms with Gasteiger partial charge in [0.15, 0.2) is 0 Å². The number of halogens is 1. The molecule has 2 unspecified atom stereocenters. The second-order valence-corrected chi connectivity index (χ2v) is 6.03. The summed E-state index contributed by atoms with van der Waals surface area (Å²) in [7, 11) is 0. The molecule has 0 amide bonds. The van der Waals surface area contributed by atoms with E-state index in [9.17, 15) is 4.39 Å². The fourth-order valence-electron chi connectivity index (χ4n) is 1.73. The minimum absolute atomic E-state index is 0.0182. The van der Waals surface area contributed by atoms with Gasteiger partial charge in [-0.1, -0.05) is 19.1 Å². The molecule has 19 heavy (non-hydrogen) atoms. The van der Waals surface area contributed by atoms with Crippen LogP contribution in [0.15, 0.2) is 24.3 Å². The number of hydrogen-bond acceptors (Lipinski definition) is 2. The predicted octanol–water partition coefficient (Wildman–Crippen LogP) is 4.07. The number of benzene rings is 1. The Kier molecular flexibility index (Phi) is 5.95. The van der Waals surface area contributed by atoms with Crippen LogP contribution in [0.1, 0.15) is 52.7 Å². The fourth-order valence-corrected chi connectivity index (χ4v) is 1.73. The highest BCUT2D eigenvalue weighted by Crippen LogP contribution is 2.21. The summed E-state index contributed by atoms with van der Waals surface area (Å²) >= 11 is 0. The molecule has 0 saturated heterocycles. The highest BCUT2D eigenvalue weighted by Gasteiger charge is 2.18. The average molecular weight is 267 g/mol. The largest absolute Gasteiger partial charge is 0.369 e. The lowest BCUT2D eigenvalue weighted by molar-refractivity contribution is -0.00743. The Morgan fingerprint density at radius 2 is 2.00 bits per heavy atom. The second-order valence-electron chi connectivity index (χ2n) is 6.03. The minimum Gasteiger partial charge on any atom is -0.369 e. The molecule has 0 aliphatic heterocycles. The van der Waals surface area contributed by atoms with E-state index in [2.05, 4.69) is 33.0 Å². The van der Waals surface area contributed by atoms with E-state index < -0.39 is 0 Å². The standard InChI is InChI=1S/C16H26FNO/c1-6-12(2)19-15(11-18-16(3,4)5)13-8-7-9-14(17)10-13/h7-10,12,15,18H,6,11H2,1-5H3. The van der Waals surface area contributed by atoms with Gasteiger partial charge in [-0.3, -0.25) is 0 Å². The highest BCUT2D eigenvalue weighted by atomic mass is 19.1. The fraction of sp³-hybridized carbons (Fsp3) is 0.625. The summed E-state index contributed by atoms with van der Waals surface area (Å²) in [6, 6.07) is 6.66. The summed E-state index contributed by atoms with van der Waals surface area (Å²) in [5.74, 6) is -0.217. The molecule has 108 valence electrons. The molecule has 0 aliphatic carbocycles.